The standard InChI is InChI=1S/C25H42N2O5/c1-5-12-26-23(31)32-21-8-11-24(3)18(15-22(30)27-13-9-17(2)10-14-27)19(29)6-7-20(24)25(21,4)16-28/h5,17-21,28-29H,1,6-16H2,2-4H3,(H,26,31). The van der Waals surface area contributed by atoms with Crippen LogP contribution in [-0.4, -0.2) is 65.6 Å². The lowest BCUT2D eigenvalue weighted by Crippen LogP contribution is -2.61. The molecule has 182 valence electrons. The molecule has 0 spiro atoms. The molecule has 0 radical (unpaired) electrons. The molecule has 0 aromatic carbocycles. The number of likely N-dealkylation sites (tertiary alicyclic amines) is 1. The topological polar surface area (TPSA) is 99.1 Å². The Hall–Kier alpha value is -1.60. The average Bonchev–Trinajstić information content (AvgIpc) is 2.77. The summed E-state index contributed by atoms with van der Waals surface area (Å²) >= 11 is 0. The summed E-state index contributed by atoms with van der Waals surface area (Å²) in [6.45, 7) is 11.8. The van der Waals surface area contributed by atoms with Crippen molar-refractivity contribution in [3.05, 3.63) is 12.7 Å². The molecule has 0 aromatic rings. The summed E-state index contributed by atoms with van der Waals surface area (Å²) in [4.78, 5) is 27.3. The third-order valence-corrected chi connectivity index (χ3v) is 8.85. The number of carbonyl (C=O) groups is 2. The van der Waals surface area contributed by atoms with Crippen molar-refractivity contribution in [1.82, 2.24) is 10.2 Å². The summed E-state index contributed by atoms with van der Waals surface area (Å²) < 4.78 is 5.75. The van der Waals surface area contributed by atoms with Crippen molar-refractivity contribution in [2.45, 2.75) is 77.9 Å². The van der Waals surface area contributed by atoms with Gasteiger partial charge in [-0.05, 0) is 61.7 Å². The van der Waals surface area contributed by atoms with Gasteiger partial charge in [-0.25, -0.2) is 4.79 Å². The van der Waals surface area contributed by atoms with Crippen LogP contribution >= 0.6 is 0 Å². The SMILES string of the molecule is C=CCNC(=O)OC1CCC2(C)C(CC(=O)N3CCC(C)CC3)C(O)CCC2C1(C)CO. The number of nitrogens with one attached hydrogen (secondary N) is 1. The lowest BCUT2D eigenvalue weighted by Gasteiger charge is -2.60. The van der Waals surface area contributed by atoms with Crippen LogP contribution in [0.5, 0.6) is 0 Å². The normalized spacial score (nSPS) is 38.0. The van der Waals surface area contributed by atoms with Crippen LogP contribution in [0.15, 0.2) is 12.7 Å². The van der Waals surface area contributed by atoms with E-state index in [1.807, 2.05) is 11.8 Å². The summed E-state index contributed by atoms with van der Waals surface area (Å²) in [5.74, 6) is 0.684. The fourth-order valence-electron chi connectivity index (χ4n) is 6.68. The Morgan fingerprint density at radius 3 is 2.50 bits per heavy atom. The third kappa shape index (κ3) is 4.84. The number of piperidine rings is 1. The molecular formula is C25H42N2O5. The van der Waals surface area contributed by atoms with Gasteiger partial charge in [0.25, 0.3) is 0 Å². The van der Waals surface area contributed by atoms with Gasteiger partial charge in [0.05, 0.1) is 12.7 Å². The summed E-state index contributed by atoms with van der Waals surface area (Å²) in [6, 6.07) is 0. The molecule has 2 aliphatic carbocycles. The molecule has 2 amide bonds. The van der Waals surface area contributed by atoms with E-state index in [2.05, 4.69) is 25.7 Å². The molecule has 6 atom stereocenters. The fraction of sp³-hybridized carbons (Fsp3) is 0.840. The molecule has 32 heavy (non-hydrogen) atoms. The van der Waals surface area contributed by atoms with Crippen LogP contribution in [0.2, 0.25) is 0 Å². The molecule has 0 bridgehead atoms. The summed E-state index contributed by atoms with van der Waals surface area (Å²) in [7, 11) is 0. The van der Waals surface area contributed by atoms with Gasteiger partial charge >= 0.3 is 6.09 Å². The van der Waals surface area contributed by atoms with Crippen molar-refractivity contribution < 1.29 is 24.5 Å². The number of fused-ring (bicyclic) bond motifs is 1. The van der Waals surface area contributed by atoms with E-state index in [1.165, 1.54) is 0 Å². The molecule has 0 aromatic heterocycles. The molecule has 3 N–H and O–H groups in total. The largest absolute Gasteiger partial charge is 0.446 e. The minimum absolute atomic E-state index is 0.0496. The Kier molecular flexibility index (Phi) is 7.92. The van der Waals surface area contributed by atoms with Gasteiger partial charge in [-0.2, -0.15) is 0 Å². The first-order valence-corrected chi connectivity index (χ1v) is 12.3. The van der Waals surface area contributed by atoms with E-state index >= 15 is 0 Å². The third-order valence-electron chi connectivity index (χ3n) is 8.85. The number of aliphatic hydroxyl groups is 2. The maximum absolute atomic E-state index is 13.2. The molecule has 7 heteroatoms. The van der Waals surface area contributed by atoms with Crippen molar-refractivity contribution in [2.75, 3.05) is 26.2 Å². The number of ether oxygens (including phenoxy) is 1. The Morgan fingerprint density at radius 1 is 1.19 bits per heavy atom. The van der Waals surface area contributed by atoms with Gasteiger partial charge in [-0.3, -0.25) is 4.79 Å². The molecule has 1 saturated heterocycles. The van der Waals surface area contributed by atoms with Gasteiger partial charge in [0.2, 0.25) is 5.91 Å². The monoisotopic (exact) mass is 450 g/mol. The predicted molar refractivity (Wildman–Crippen MR) is 123 cm³/mol. The van der Waals surface area contributed by atoms with Crippen LogP contribution in [0.4, 0.5) is 4.79 Å². The highest BCUT2D eigenvalue weighted by Crippen LogP contribution is 2.61. The van der Waals surface area contributed by atoms with Crippen molar-refractivity contribution in [3.8, 4) is 0 Å². The number of rotatable bonds is 6. The molecule has 6 unspecified atom stereocenters. The zero-order valence-electron chi connectivity index (χ0n) is 20.0. The lowest BCUT2D eigenvalue weighted by molar-refractivity contribution is -0.187. The number of nitrogens with zero attached hydrogens (tertiary/aromatic N) is 1. The van der Waals surface area contributed by atoms with Gasteiger partial charge in [-0.15, -0.1) is 6.58 Å². The Bertz CT molecular complexity index is 692. The molecule has 2 saturated carbocycles. The number of alkyl carbamates (subject to hydrolysis) is 1. The molecule has 3 rings (SSSR count). The van der Waals surface area contributed by atoms with E-state index in [1.54, 1.807) is 6.08 Å². The average molecular weight is 451 g/mol. The van der Waals surface area contributed by atoms with E-state index in [9.17, 15) is 19.8 Å². The highest BCUT2D eigenvalue weighted by Gasteiger charge is 2.60. The fourth-order valence-corrected chi connectivity index (χ4v) is 6.68. The van der Waals surface area contributed by atoms with Gasteiger partial charge in [0, 0.05) is 31.5 Å². The van der Waals surface area contributed by atoms with Gasteiger partial charge in [0.1, 0.15) is 6.10 Å². The number of amides is 2. The highest BCUT2D eigenvalue weighted by molar-refractivity contribution is 5.76. The lowest BCUT2D eigenvalue weighted by atomic mass is 9.46. The van der Waals surface area contributed by atoms with Crippen molar-refractivity contribution >= 4 is 12.0 Å². The molecule has 3 fully saturated rings. The van der Waals surface area contributed by atoms with Crippen LogP contribution < -0.4 is 5.32 Å². The first-order chi connectivity index (χ1) is 15.2. The van der Waals surface area contributed by atoms with Gasteiger partial charge < -0.3 is 25.2 Å². The molecular weight excluding hydrogens is 408 g/mol. The second-order valence-corrected chi connectivity index (χ2v) is 10.8. The zero-order chi connectivity index (χ0) is 23.5. The minimum atomic E-state index is -0.624. The maximum Gasteiger partial charge on any atom is 0.407 e. The van der Waals surface area contributed by atoms with E-state index in [0.29, 0.717) is 31.7 Å². The first-order valence-electron chi connectivity index (χ1n) is 12.3. The van der Waals surface area contributed by atoms with Crippen molar-refractivity contribution in [2.24, 2.45) is 28.6 Å². The summed E-state index contributed by atoms with van der Waals surface area (Å²) in [5, 5.41) is 24.1. The van der Waals surface area contributed by atoms with E-state index in [-0.39, 0.29) is 29.8 Å². The van der Waals surface area contributed by atoms with E-state index in [4.69, 9.17) is 4.74 Å². The van der Waals surface area contributed by atoms with Crippen molar-refractivity contribution in [3.63, 3.8) is 0 Å². The Morgan fingerprint density at radius 2 is 1.88 bits per heavy atom. The van der Waals surface area contributed by atoms with E-state index in [0.717, 1.165) is 38.8 Å². The van der Waals surface area contributed by atoms with Gasteiger partial charge in [-0.1, -0.05) is 26.8 Å². The minimum Gasteiger partial charge on any atom is -0.446 e. The molecule has 7 nitrogen and oxygen atoms in total. The van der Waals surface area contributed by atoms with Gasteiger partial charge in [0.15, 0.2) is 0 Å². The van der Waals surface area contributed by atoms with Crippen LogP contribution in [0.1, 0.15) is 65.7 Å². The molecule has 1 heterocycles. The maximum atomic E-state index is 13.2. The number of hydrogen-bond donors (Lipinski definition) is 3. The second kappa shape index (κ2) is 10.1. The highest BCUT2D eigenvalue weighted by atomic mass is 16.6. The zero-order valence-corrected chi connectivity index (χ0v) is 20.0. The number of carbonyl (C=O) groups excluding carboxylic acids is 2. The van der Waals surface area contributed by atoms with Crippen LogP contribution in [-0.2, 0) is 9.53 Å². The van der Waals surface area contributed by atoms with E-state index < -0.39 is 23.7 Å². The number of aliphatic hydroxyl groups excluding tert-OH is 2. The van der Waals surface area contributed by atoms with Crippen LogP contribution in [0.3, 0.4) is 0 Å². The Labute approximate surface area is 192 Å². The summed E-state index contributed by atoms with van der Waals surface area (Å²) in [6.07, 6.45) is 5.26. The number of hydrogen-bond acceptors (Lipinski definition) is 5. The second-order valence-electron chi connectivity index (χ2n) is 10.8. The quantitative estimate of drug-likeness (QED) is 0.540. The molecule has 1 aliphatic heterocycles. The predicted octanol–water partition coefficient (Wildman–Crippen LogP) is 3.10. The van der Waals surface area contributed by atoms with Crippen molar-refractivity contribution in [1.29, 1.82) is 0 Å². The smallest absolute Gasteiger partial charge is 0.407 e. The summed E-state index contributed by atoms with van der Waals surface area (Å²) in [5.41, 5.74) is -0.925. The first kappa shape index (κ1) is 25.0. The van der Waals surface area contributed by atoms with Crippen LogP contribution in [0, 0.1) is 28.6 Å². The Balaban J connectivity index is 1.76. The molecule has 3 aliphatic rings. The van der Waals surface area contributed by atoms with Crippen LogP contribution in [0.25, 0.3) is 0 Å².